The second-order valence-electron chi connectivity index (χ2n) is 5.48. The first-order valence-electron chi connectivity index (χ1n) is 7.90. The molecular formula is C17H17N5O3S. The molecule has 9 heteroatoms. The fraction of sp³-hybridized carbons (Fsp3) is 0.235. The number of hydrogen-bond donors (Lipinski definition) is 1. The fourth-order valence-electron chi connectivity index (χ4n) is 2.18. The number of nitrogens with zero attached hydrogens (tertiary/aromatic N) is 4. The van der Waals surface area contributed by atoms with Gasteiger partial charge >= 0.3 is 5.97 Å². The Balaban J connectivity index is 1.42. The van der Waals surface area contributed by atoms with Gasteiger partial charge in [-0.25, -0.2) is 4.79 Å². The van der Waals surface area contributed by atoms with E-state index in [1.807, 2.05) is 48.7 Å². The van der Waals surface area contributed by atoms with Gasteiger partial charge in [0.25, 0.3) is 5.91 Å². The molecule has 134 valence electrons. The molecule has 0 saturated heterocycles. The van der Waals surface area contributed by atoms with Gasteiger partial charge in [-0.1, -0.05) is 30.3 Å². The molecule has 0 bridgehead atoms. The molecule has 0 spiro atoms. The summed E-state index contributed by atoms with van der Waals surface area (Å²) in [6, 6.07) is 11.5. The number of benzene rings is 1. The van der Waals surface area contributed by atoms with Crippen LogP contribution in [-0.4, -0.2) is 38.7 Å². The summed E-state index contributed by atoms with van der Waals surface area (Å²) in [4.78, 5) is 25.6. The Kier molecular flexibility index (Phi) is 5.69. The van der Waals surface area contributed by atoms with Crippen molar-refractivity contribution in [1.29, 1.82) is 0 Å². The highest BCUT2D eigenvalue weighted by molar-refractivity contribution is 7.13. The Morgan fingerprint density at radius 1 is 1.23 bits per heavy atom. The van der Waals surface area contributed by atoms with E-state index in [-0.39, 0.29) is 19.1 Å². The minimum absolute atomic E-state index is 0.205. The standard InChI is InChI=1S/C17H17N5O3S/c1-12-5-2-3-6-13(12)9-18-15(23)11-25-16(24)10-22-20-17(19-21-22)14-7-4-8-26-14/h2-8H,9-11H2,1H3,(H,18,23). The van der Waals surface area contributed by atoms with E-state index in [9.17, 15) is 9.59 Å². The van der Waals surface area contributed by atoms with Gasteiger partial charge in [0.05, 0.1) is 4.88 Å². The Morgan fingerprint density at radius 2 is 2.08 bits per heavy atom. The lowest BCUT2D eigenvalue weighted by atomic mass is 10.1. The number of thiophene rings is 1. The number of tetrazole rings is 1. The second-order valence-corrected chi connectivity index (χ2v) is 6.43. The average molecular weight is 371 g/mol. The molecule has 0 aliphatic rings. The summed E-state index contributed by atoms with van der Waals surface area (Å²) in [7, 11) is 0. The van der Waals surface area contributed by atoms with E-state index in [4.69, 9.17) is 4.74 Å². The zero-order chi connectivity index (χ0) is 18.4. The Morgan fingerprint density at radius 3 is 2.85 bits per heavy atom. The molecule has 2 aromatic heterocycles. The van der Waals surface area contributed by atoms with Crippen LogP contribution < -0.4 is 5.32 Å². The normalized spacial score (nSPS) is 10.5. The molecule has 1 amide bonds. The topological polar surface area (TPSA) is 99.0 Å². The summed E-state index contributed by atoms with van der Waals surface area (Å²) < 4.78 is 4.95. The predicted octanol–water partition coefficient (Wildman–Crippen LogP) is 1.57. The van der Waals surface area contributed by atoms with Gasteiger partial charge in [-0.05, 0) is 34.7 Å². The third kappa shape index (κ3) is 4.73. The number of nitrogens with one attached hydrogen (secondary N) is 1. The van der Waals surface area contributed by atoms with E-state index in [2.05, 4.69) is 20.7 Å². The molecule has 0 fully saturated rings. The molecule has 0 aliphatic carbocycles. The van der Waals surface area contributed by atoms with Crippen molar-refractivity contribution in [2.75, 3.05) is 6.61 Å². The highest BCUT2D eigenvalue weighted by Crippen LogP contribution is 2.19. The van der Waals surface area contributed by atoms with Gasteiger partial charge in [0.1, 0.15) is 0 Å². The fourth-order valence-corrected chi connectivity index (χ4v) is 2.82. The van der Waals surface area contributed by atoms with Crippen molar-refractivity contribution in [3.05, 3.63) is 52.9 Å². The summed E-state index contributed by atoms with van der Waals surface area (Å²) in [6.45, 7) is 1.80. The molecule has 2 heterocycles. The number of aryl methyl sites for hydroxylation is 1. The number of amides is 1. The number of aromatic nitrogens is 4. The average Bonchev–Trinajstić information content (AvgIpc) is 3.30. The van der Waals surface area contributed by atoms with Gasteiger partial charge < -0.3 is 10.1 Å². The zero-order valence-electron chi connectivity index (χ0n) is 14.1. The van der Waals surface area contributed by atoms with Crippen molar-refractivity contribution < 1.29 is 14.3 Å². The molecular weight excluding hydrogens is 354 g/mol. The van der Waals surface area contributed by atoms with Crippen LogP contribution in [0, 0.1) is 6.92 Å². The maximum absolute atomic E-state index is 11.8. The molecule has 0 aliphatic heterocycles. The van der Waals surface area contributed by atoms with E-state index in [0.717, 1.165) is 20.8 Å². The smallest absolute Gasteiger partial charge is 0.330 e. The lowest BCUT2D eigenvalue weighted by molar-refractivity contribution is -0.149. The summed E-state index contributed by atoms with van der Waals surface area (Å²) in [5.41, 5.74) is 2.10. The summed E-state index contributed by atoms with van der Waals surface area (Å²) in [5, 5.41) is 16.4. The number of esters is 1. The molecule has 0 unspecified atom stereocenters. The van der Waals surface area contributed by atoms with Crippen LogP contribution in [0.5, 0.6) is 0 Å². The number of carbonyl (C=O) groups is 2. The van der Waals surface area contributed by atoms with Crippen molar-refractivity contribution in [3.63, 3.8) is 0 Å². The van der Waals surface area contributed by atoms with Gasteiger partial charge in [0.2, 0.25) is 5.82 Å². The van der Waals surface area contributed by atoms with Gasteiger partial charge in [0.15, 0.2) is 13.2 Å². The first kappa shape index (κ1) is 17.7. The minimum Gasteiger partial charge on any atom is -0.454 e. The first-order valence-corrected chi connectivity index (χ1v) is 8.78. The highest BCUT2D eigenvalue weighted by atomic mass is 32.1. The van der Waals surface area contributed by atoms with E-state index in [1.165, 1.54) is 11.3 Å². The molecule has 26 heavy (non-hydrogen) atoms. The van der Waals surface area contributed by atoms with Gasteiger partial charge in [-0.15, -0.1) is 21.5 Å². The van der Waals surface area contributed by atoms with E-state index < -0.39 is 5.97 Å². The molecule has 0 atom stereocenters. The van der Waals surface area contributed by atoms with E-state index in [0.29, 0.717) is 12.4 Å². The maximum Gasteiger partial charge on any atom is 0.330 e. The Labute approximate surface area is 153 Å². The second kappa shape index (κ2) is 8.34. The molecule has 8 nitrogen and oxygen atoms in total. The molecule has 3 aromatic rings. The number of rotatable bonds is 7. The van der Waals surface area contributed by atoms with Crippen LogP contribution in [0.25, 0.3) is 10.7 Å². The molecule has 3 rings (SSSR count). The van der Waals surface area contributed by atoms with Crippen LogP contribution in [-0.2, 0) is 27.4 Å². The van der Waals surface area contributed by atoms with Crippen molar-refractivity contribution in [1.82, 2.24) is 25.5 Å². The molecule has 0 radical (unpaired) electrons. The lowest BCUT2D eigenvalue weighted by Gasteiger charge is -2.08. The van der Waals surface area contributed by atoms with Crippen LogP contribution in [0.1, 0.15) is 11.1 Å². The number of hydrogen-bond acceptors (Lipinski definition) is 7. The van der Waals surface area contributed by atoms with Crippen LogP contribution in [0.4, 0.5) is 0 Å². The largest absolute Gasteiger partial charge is 0.454 e. The van der Waals surface area contributed by atoms with Gasteiger partial charge in [-0.2, -0.15) is 4.80 Å². The van der Waals surface area contributed by atoms with E-state index >= 15 is 0 Å². The maximum atomic E-state index is 11.8. The third-order valence-corrected chi connectivity index (χ3v) is 4.43. The van der Waals surface area contributed by atoms with Crippen molar-refractivity contribution in [3.8, 4) is 10.7 Å². The zero-order valence-corrected chi connectivity index (χ0v) is 14.9. The van der Waals surface area contributed by atoms with Gasteiger partial charge in [-0.3, -0.25) is 4.79 Å². The quantitative estimate of drug-likeness (QED) is 0.633. The lowest BCUT2D eigenvalue weighted by Crippen LogP contribution is -2.29. The molecule has 1 N–H and O–H groups in total. The van der Waals surface area contributed by atoms with Crippen LogP contribution in [0.2, 0.25) is 0 Å². The monoisotopic (exact) mass is 371 g/mol. The summed E-state index contributed by atoms with van der Waals surface area (Å²) >= 11 is 1.48. The first-order chi connectivity index (χ1) is 12.6. The molecule has 1 aromatic carbocycles. The Bertz CT molecular complexity index is 891. The third-order valence-electron chi connectivity index (χ3n) is 3.57. The number of carbonyl (C=O) groups excluding carboxylic acids is 2. The summed E-state index contributed by atoms with van der Waals surface area (Å²) in [5.74, 6) is -0.526. The van der Waals surface area contributed by atoms with Crippen LogP contribution in [0.15, 0.2) is 41.8 Å². The highest BCUT2D eigenvalue weighted by Gasteiger charge is 2.12. The van der Waals surface area contributed by atoms with Crippen molar-refractivity contribution >= 4 is 23.2 Å². The number of ether oxygens (including phenoxy) is 1. The summed E-state index contributed by atoms with van der Waals surface area (Å²) in [6.07, 6.45) is 0. The van der Waals surface area contributed by atoms with Crippen molar-refractivity contribution in [2.24, 2.45) is 0 Å². The van der Waals surface area contributed by atoms with Crippen LogP contribution in [0.3, 0.4) is 0 Å². The van der Waals surface area contributed by atoms with E-state index in [1.54, 1.807) is 0 Å². The Hall–Kier alpha value is -3.07. The van der Waals surface area contributed by atoms with Crippen LogP contribution >= 0.6 is 11.3 Å². The minimum atomic E-state index is -0.605. The predicted molar refractivity (Wildman–Crippen MR) is 95.1 cm³/mol. The van der Waals surface area contributed by atoms with Gasteiger partial charge in [0, 0.05) is 6.54 Å². The molecule has 0 saturated carbocycles. The SMILES string of the molecule is Cc1ccccc1CNC(=O)COC(=O)Cn1nnc(-c2cccs2)n1. The van der Waals surface area contributed by atoms with Crippen molar-refractivity contribution in [2.45, 2.75) is 20.0 Å².